The third kappa shape index (κ3) is 2.64. The second-order valence-electron chi connectivity index (χ2n) is 4.24. The van der Waals surface area contributed by atoms with Crippen LogP contribution in [-0.4, -0.2) is 15.0 Å². The molecule has 0 unspecified atom stereocenters. The Labute approximate surface area is 125 Å². The van der Waals surface area contributed by atoms with Crippen LogP contribution in [0.3, 0.4) is 0 Å². The van der Waals surface area contributed by atoms with Crippen LogP contribution in [0, 0.1) is 0 Å². The van der Waals surface area contributed by atoms with Crippen molar-refractivity contribution in [2.45, 2.75) is 6.18 Å². The molecule has 5 nitrogen and oxygen atoms in total. The van der Waals surface area contributed by atoms with Crippen molar-refractivity contribution < 1.29 is 17.6 Å². The summed E-state index contributed by atoms with van der Waals surface area (Å²) in [6.07, 6.45) is -3.83. The van der Waals surface area contributed by atoms with E-state index >= 15 is 0 Å². The average molecular weight is 328 g/mol. The first-order valence-corrected chi connectivity index (χ1v) is 6.23. The van der Waals surface area contributed by atoms with Crippen molar-refractivity contribution in [3.63, 3.8) is 0 Å². The first-order chi connectivity index (χ1) is 10.3. The zero-order chi connectivity index (χ0) is 15.9. The Bertz CT molecular complexity index is 924. The van der Waals surface area contributed by atoms with Crippen molar-refractivity contribution in [2.75, 3.05) is 0 Å². The van der Waals surface area contributed by atoms with Gasteiger partial charge in [-0.1, -0.05) is 23.7 Å². The molecule has 0 aliphatic rings. The first-order valence-electron chi connectivity index (χ1n) is 5.85. The Morgan fingerprint density at radius 3 is 2.64 bits per heavy atom. The van der Waals surface area contributed by atoms with Crippen LogP contribution in [-0.2, 0) is 6.18 Å². The van der Waals surface area contributed by atoms with E-state index in [1.165, 1.54) is 0 Å². The Morgan fingerprint density at radius 1 is 1.18 bits per heavy atom. The van der Waals surface area contributed by atoms with E-state index < -0.39 is 17.7 Å². The molecule has 9 heteroatoms. The van der Waals surface area contributed by atoms with Crippen LogP contribution < -0.4 is 5.63 Å². The summed E-state index contributed by atoms with van der Waals surface area (Å²) in [7, 11) is 0. The molecule has 0 spiro atoms. The van der Waals surface area contributed by atoms with Crippen LogP contribution in [0.1, 0.15) is 5.89 Å². The highest BCUT2D eigenvalue weighted by Crippen LogP contribution is 2.27. The highest BCUT2D eigenvalue weighted by molar-refractivity contribution is 6.30. The summed E-state index contributed by atoms with van der Waals surface area (Å²) < 4.78 is 41.8. The highest BCUT2D eigenvalue weighted by Gasteiger charge is 2.37. The molecule has 2 aromatic heterocycles. The molecule has 0 fully saturated rings. The molecule has 0 amide bonds. The molecule has 2 heterocycles. The van der Waals surface area contributed by atoms with Crippen LogP contribution in [0.15, 0.2) is 39.7 Å². The molecule has 3 rings (SSSR count). The van der Waals surface area contributed by atoms with Crippen molar-refractivity contribution in [3.05, 3.63) is 51.8 Å². The zero-order valence-corrected chi connectivity index (χ0v) is 11.3. The zero-order valence-electron chi connectivity index (χ0n) is 10.6. The molecule has 0 saturated heterocycles. The maximum absolute atomic E-state index is 12.5. The highest BCUT2D eigenvalue weighted by atomic mass is 35.5. The van der Waals surface area contributed by atoms with E-state index in [0.717, 1.165) is 6.20 Å². The van der Waals surface area contributed by atoms with E-state index in [1.54, 1.807) is 24.3 Å². The second kappa shape index (κ2) is 5.06. The molecule has 0 bridgehead atoms. The predicted molar refractivity (Wildman–Crippen MR) is 71.3 cm³/mol. The predicted octanol–water partition coefficient (Wildman–Crippen LogP) is 3.32. The van der Waals surface area contributed by atoms with Crippen LogP contribution in [0.5, 0.6) is 0 Å². The lowest BCUT2D eigenvalue weighted by atomic mass is 10.2. The molecular formula is C13H5ClF3N3O2. The van der Waals surface area contributed by atoms with Gasteiger partial charge in [0, 0.05) is 10.6 Å². The molecule has 0 saturated carbocycles. The van der Waals surface area contributed by atoms with Gasteiger partial charge in [0.15, 0.2) is 11.3 Å². The third-order valence-electron chi connectivity index (χ3n) is 2.70. The van der Waals surface area contributed by atoms with Crippen molar-refractivity contribution in [1.29, 1.82) is 0 Å². The molecular weight excluding hydrogens is 323 g/mol. The largest absolute Gasteiger partial charge is 0.469 e. The summed E-state index contributed by atoms with van der Waals surface area (Å²) in [5, 5.41) is 0.429. The smallest absolute Gasteiger partial charge is 0.397 e. The minimum atomic E-state index is -4.86. The van der Waals surface area contributed by atoms with E-state index in [0.29, 0.717) is 10.6 Å². The Morgan fingerprint density at radius 2 is 1.95 bits per heavy atom. The number of nitrogens with zero attached hydrogens (tertiary/aromatic N) is 3. The lowest BCUT2D eigenvalue weighted by Gasteiger charge is -2.05. The van der Waals surface area contributed by atoms with Crippen LogP contribution in [0.25, 0.3) is 22.4 Å². The molecule has 0 radical (unpaired) electrons. The van der Waals surface area contributed by atoms with E-state index in [9.17, 15) is 18.0 Å². The van der Waals surface area contributed by atoms with Gasteiger partial charge in [-0.2, -0.15) is 13.2 Å². The van der Waals surface area contributed by atoms with Gasteiger partial charge in [0.25, 0.3) is 0 Å². The summed E-state index contributed by atoms with van der Waals surface area (Å²) in [5.74, 6) is -1.51. The van der Waals surface area contributed by atoms with Gasteiger partial charge in [-0.25, -0.2) is 19.7 Å². The summed E-state index contributed by atoms with van der Waals surface area (Å²) >= 11 is 5.84. The van der Waals surface area contributed by atoms with Gasteiger partial charge in [-0.15, -0.1) is 0 Å². The fourth-order valence-corrected chi connectivity index (χ4v) is 1.95. The molecule has 0 aliphatic carbocycles. The quantitative estimate of drug-likeness (QED) is 0.686. The van der Waals surface area contributed by atoms with E-state index in [2.05, 4.69) is 19.4 Å². The number of hydrogen-bond donors (Lipinski definition) is 0. The number of benzene rings is 1. The van der Waals surface area contributed by atoms with E-state index in [4.69, 9.17) is 11.6 Å². The number of alkyl halides is 3. The monoisotopic (exact) mass is 327 g/mol. The number of fused-ring (bicyclic) bond motifs is 1. The standard InChI is InChI=1S/C13H5ClF3N3O2/c14-7-3-1-2-6(4-7)10-18-5-8-9(20-10)11(21)22-12(19-8)13(15,16)17/h1-5H. The maximum Gasteiger partial charge on any atom is 0.469 e. The number of halogens is 4. The molecule has 0 atom stereocenters. The summed E-state index contributed by atoms with van der Waals surface area (Å²) in [4.78, 5) is 22.7. The van der Waals surface area contributed by atoms with Crippen molar-refractivity contribution in [2.24, 2.45) is 0 Å². The Hall–Kier alpha value is -2.48. The molecule has 3 aromatic rings. The van der Waals surface area contributed by atoms with Crippen molar-refractivity contribution in [3.8, 4) is 11.4 Å². The fourth-order valence-electron chi connectivity index (χ4n) is 1.76. The fraction of sp³-hybridized carbons (Fsp3) is 0.0769. The number of aromatic nitrogens is 3. The van der Waals surface area contributed by atoms with Crippen molar-refractivity contribution in [1.82, 2.24) is 15.0 Å². The summed E-state index contributed by atoms with van der Waals surface area (Å²) in [6, 6.07) is 6.49. The van der Waals surface area contributed by atoms with Crippen LogP contribution in [0.4, 0.5) is 13.2 Å². The van der Waals surface area contributed by atoms with E-state index in [-0.39, 0.29) is 16.9 Å². The molecule has 0 N–H and O–H groups in total. The SMILES string of the molecule is O=c1oc(C(F)(F)F)nc2cnc(-c3cccc(Cl)c3)nc12. The first kappa shape index (κ1) is 14.5. The lowest BCUT2D eigenvalue weighted by Crippen LogP contribution is -2.15. The van der Waals surface area contributed by atoms with Gasteiger partial charge in [0.05, 0.1) is 6.20 Å². The van der Waals surface area contributed by atoms with Crippen molar-refractivity contribution >= 4 is 22.6 Å². The summed E-state index contributed by atoms with van der Waals surface area (Å²) in [5.41, 5.74) is -1.36. The third-order valence-corrected chi connectivity index (χ3v) is 2.93. The van der Waals surface area contributed by atoms with Gasteiger partial charge >= 0.3 is 17.7 Å². The van der Waals surface area contributed by atoms with Gasteiger partial charge in [0.2, 0.25) is 0 Å². The van der Waals surface area contributed by atoms with Crippen LogP contribution >= 0.6 is 11.6 Å². The van der Waals surface area contributed by atoms with Gasteiger partial charge in [-0.3, -0.25) is 0 Å². The normalized spacial score (nSPS) is 11.8. The average Bonchev–Trinajstić information content (AvgIpc) is 2.46. The molecule has 112 valence electrons. The van der Waals surface area contributed by atoms with Gasteiger partial charge in [-0.05, 0) is 12.1 Å². The number of hydrogen-bond acceptors (Lipinski definition) is 5. The Kier molecular flexibility index (Phi) is 3.32. The van der Waals surface area contributed by atoms with Crippen LogP contribution in [0.2, 0.25) is 5.02 Å². The minimum Gasteiger partial charge on any atom is -0.397 e. The maximum atomic E-state index is 12.5. The molecule has 1 aromatic carbocycles. The molecule has 0 aliphatic heterocycles. The number of rotatable bonds is 1. The minimum absolute atomic E-state index is 0.129. The van der Waals surface area contributed by atoms with Gasteiger partial charge in [0.1, 0.15) is 5.52 Å². The second-order valence-corrected chi connectivity index (χ2v) is 4.68. The lowest BCUT2D eigenvalue weighted by molar-refractivity contribution is -0.158. The van der Waals surface area contributed by atoms with Gasteiger partial charge < -0.3 is 4.42 Å². The topological polar surface area (TPSA) is 68.9 Å². The summed E-state index contributed by atoms with van der Waals surface area (Å²) in [6.45, 7) is 0. The van der Waals surface area contributed by atoms with E-state index in [1.807, 2.05) is 0 Å². The molecule has 22 heavy (non-hydrogen) atoms. The Balaban J connectivity index is 2.19.